The molecule has 1 amide bonds. The topological polar surface area (TPSA) is 90.3 Å². The number of benzene rings is 4. The Hall–Kier alpha value is -4.25. The van der Waals surface area contributed by atoms with E-state index < -0.39 is 6.04 Å². The van der Waals surface area contributed by atoms with Crippen LogP contribution >= 0.6 is 39.3 Å². The molecule has 0 bridgehead atoms. The number of carbonyl (C=O) groups excluding carboxylic acids is 1. The Bertz CT molecular complexity index is 1950. The standard InChI is InChI=1S/C36H33BrClN5O3S/c1-22-10-9-14-27(18-22)40-34(44)31-23(2)39-35-41-36(47-21-25-13-7-8-15-29(25)38)42-43(35)32(31)26-19-28(37)33(30(20-26)45-3)46-17-16-24-11-5-4-6-12-24/h4-15,18-20,32H,16-17,21H2,1-3H3,(H,40,44)(H,39,41,42). The van der Waals surface area contributed by atoms with Crippen molar-refractivity contribution in [2.24, 2.45) is 0 Å². The molecule has 0 saturated heterocycles. The lowest BCUT2D eigenvalue weighted by atomic mass is 9.94. The maximum Gasteiger partial charge on any atom is 0.255 e. The number of fused-ring (bicyclic) bond motifs is 1. The lowest BCUT2D eigenvalue weighted by Gasteiger charge is -2.29. The minimum atomic E-state index is -0.623. The number of carbonyl (C=O) groups is 1. The molecule has 0 aliphatic carbocycles. The molecule has 0 saturated carbocycles. The van der Waals surface area contributed by atoms with E-state index in [-0.39, 0.29) is 5.91 Å². The second-order valence-corrected chi connectivity index (χ2v) is 13.3. The van der Waals surface area contributed by atoms with Gasteiger partial charge in [0.2, 0.25) is 11.1 Å². The molecule has 0 fully saturated rings. The first kappa shape index (κ1) is 32.7. The van der Waals surface area contributed by atoms with Gasteiger partial charge in [0, 0.05) is 28.6 Å². The Balaban J connectivity index is 1.35. The number of ether oxygens (including phenoxy) is 2. The Morgan fingerprint density at radius 2 is 1.83 bits per heavy atom. The molecule has 0 spiro atoms. The summed E-state index contributed by atoms with van der Waals surface area (Å²) in [5.74, 6) is 1.99. The predicted octanol–water partition coefficient (Wildman–Crippen LogP) is 8.85. The third-order valence-corrected chi connectivity index (χ3v) is 9.56. The summed E-state index contributed by atoms with van der Waals surface area (Å²) < 4.78 is 14.5. The van der Waals surface area contributed by atoms with Crippen LogP contribution in [0.25, 0.3) is 0 Å². The third-order valence-electron chi connectivity index (χ3n) is 7.72. The summed E-state index contributed by atoms with van der Waals surface area (Å²) in [5, 5.41) is 12.5. The van der Waals surface area contributed by atoms with E-state index in [1.807, 2.05) is 92.7 Å². The number of hydrogen-bond acceptors (Lipinski definition) is 7. The first-order valence-electron chi connectivity index (χ1n) is 15.0. The molecule has 11 heteroatoms. The molecule has 1 aliphatic heterocycles. The number of allylic oxidation sites excluding steroid dienone is 1. The molecular weight excluding hydrogens is 698 g/mol. The zero-order valence-electron chi connectivity index (χ0n) is 26.1. The fraction of sp³-hybridized carbons (Fsp3) is 0.194. The van der Waals surface area contributed by atoms with E-state index in [1.165, 1.54) is 17.3 Å². The molecule has 1 atom stereocenters. The summed E-state index contributed by atoms with van der Waals surface area (Å²) >= 11 is 11.6. The van der Waals surface area contributed by atoms with Gasteiger partial charge < -0.3 is 20.1 Å². The largest absolute Gasteiger partial charge is 0.493 e. The molecule has 240 valence electrons. The van der Waals surface area contributed by atoms with E-state index in [2.05, 4.69) is 38.7 Å². The van der Waals surface area contributed by atoms with Crippen molar-refractivity contribution >= 4 is 56.8 Å². The van der Waals surface area contributed by atoms with Crippen LogP contribution in [-0.2, 0) is 17.0 Å². The van der Waals surface area contributed by atoms with Crippen molar-refractivity contribution in [2.75, 3.05) is 24.4 Å². The number of aryl methyl sites for hydroxylation is 1. The van der Waals surface area contributed by atoms with Crippen molar-refractivity contribution in [2.45, 2.75) is 37.2 Å². The van der Waals surface area contributed by atoms with Crippen LogP contribution in [0.2, 0.25) is 5.02 Å². The van der Waals surface area contributed by atoms with Crippen LogP contribution in [0.4, 0.5) is 11.6 Å². The zero-order chi connectivity index (χ0) is 32.9. The number of methoxy groups -OCH3 is 1. The van der Waals surface area contributed by atoms with Crippen LogP contribution in [0, 0.1) is 6.92 Å². The lowest BCUT2D eigenvalue weighted by Crippen LogP contribution is -2.31. The van der Waals surface area contributed by atoms with Crippen LogP contribution < -0.4 is 20.1 Å². The fourth-order valence-electron chi connectivity index (χ4n) is 5.43. The van der Waals surface area contributed by atoms with E-state index in [4.69, 9.17) is 31.2 Å². The van der Waals surface area contributed by atoms with Gasteiger partial charge in [0.05, 0.1) is 23.8 Å². The second kappa shape index (κ2) is 14.7. The number of amides is 1. The highest BCUT2D eigenvalue weighted by molar-refractivity contribution is 9.10. The van der Waals surface area contributed by atoms with Gasteiger partial charge in [-0.05, 0) is 82.4 Å². The summed E-state index contributed by atoms with van der Waals surface area (Å²) in [6.45, 7) is 4.33. The number of nitrogens with zero attached hydrogens (tertiary/aromatic N) is 3. The monoisotopic (exact) mass is 729 g/mol. The summed E-state index contributed by atoms with van der Waals surface area (Å²) in [4.78, 5) is 18.9. The summed E-state index contributed by atoms with van der Waals surface area (Å²) in [5.41, 5.74) is 5.85. The Labute approximate surface area is 291 Å². The Kier molecular flexibility index (Phi) is 10.2. The van der Waals surface area contributed by atoms with E-state index >= 15 is 0 Å². The van der Waals surface area contributed by atoms with Crippen LogP contribution in [0.15, 0.2) is 112 Å². The number of halogens is 2. The highest BCUT2D eigenvalue weighted by Gasteiger charge is 2.35. The van der Waals surface area contributed by atoms with Crippen LogP contribution in [0.1, 0.15) is 35.2 Å². The smallest absolute Gasteiger partial charge is 0.255 e. The third kappa shape index (κ3) is 7.51. The van der Waals surface area contributed by atoms with E-state index in [0.29, 0.717) is 61.4 Å². The molecule has 5 aromatic rings. The highest BCUT2D eigenvalue weighted by Crippen LogP contribution is 2.43. The maximum atomic E-state index is 14.1. The molecule has 2 N–H and O–H groups in total. The first-order valence-corrected chi connectivity index (χ1v) is 17.2. The van der Waals surface area contributed by atoms with Gasteiger partial charge in [-0.15, -0.1) is 5.10 Å². The summed E-state index contributed by atoms with van der Waals surface area (Å²) in [6.07, 6.45) is 0.745. The van der Waals surface area contributed by atoms with Gasteiger partial charge in [0.1, 0.15) is 6.04 Å². The average molecular weight is 731 g/mol. The van der Waals surface area contributed by atoms with Crippen molar-refractivity contribution < 1.29 is 14.3 Å². The van der Waals surface area contributed by atoms with Gasteiger partial charge in [-0.3, -0.25) is 4.79 Å². The second-order valence-electron chi connectivity index (χ2n) is 11.1. The average Bonchev–Trinajstić information content (AvgIpc) is 3.47. The predicted molar refractivity (Wildman–Crippen MR) is 192 cm³/mol. The van der Waals surface area contributed by atoms with Crippen molar-refractivity contribution in [3.05, 3.63) is 134 Å². The number of rotatable bonds is 11. The van der Waals surface area contributed by atoms with Crippen LogP contribution in [-0.4, -0.2) is 34.4 Å². The molecule has 1 aliphatic rings. The molecule has 4 aromatic carbocycles. The summed E-state index contributed by atoms with van der Waals surface area (Å²) in [6, 6.07) is 28.8. The van der Waals surface area contributed by atoms with Gasteiger partial charge in [-0.25, -0.2) is 4.68 Å². The minimum Gasteiger partial charge on any atom is -0.493 e. The summed E-state index contributed by atoms with van der Waals surface area (Å²) in [7, 11) is 1.61. The number of nitrogens with one attached hydrogen (secondary N) is 2. The molecular formula is C36H33BrClN5O3S. The SMILES string of the molecule is COc1cc(C2C(C(=O)Nc3cccc(C)c3)=C(C)Nc3nc(SCc4ccccc4Cl)nn32)cc(Br)c1OCCc1ccccc1. The van der Waals surface area contributed by atoms with Crippen LogP contribution in [0.3, 0.4) is 0 Å². The van der Waals surface area contributed by atoms with Crippen molar-refractivity contribution in [3.63, 3.8) is 0 Å². The molecule has 8 nitrogen and oxygen atoms in total. The van der Waals surface area contributed by atoms with E-state index in [1.54, 1.807) is 11.8 Å². The maximum absolute atomic E-state index is 14.1. The molecule has 0 radical (unpaired) electrons. The number of aromatic nitrogens is 3. The Morgan fingerprint density at radius 1 is 1.04 bits per heavy atom. The van der Waals surface area contributed by atoms with Gasteiger partial charge in [0.25, 0.3) is 5.91 Å². The minimum absolute atomic E-state index is 0.254. The quantitative estimate of drug-likeness (QED) is 0.131. The normalized spacial score (nSPS) is 13.9. The fourth-order valence-corrected chi connectivity index (χ4v) is 7.12. The highest BCUT2D eigenvalue weighted by atomic mass is 79.9. The van der Waals surface area contributed by atoms with Crippen molar-refractivity contribution in [1.82, 2.24) is 14.8 Å². The molecule has 2 heterocycles. The van der Waals surface area contributed by atoms with Gasteiger partial charge >= 0.3 is 0 Å². The first-order chi connectivity index (χ1) is 22.8. The molecule has 6 rings (SSSR count). The molecule has 47 heavy (non-hydrogen) atoms. The Morgan fingerprint density at radius 3 is 2.60 bits per heavy atom. The van der Waals surface area contributed by atoms with Crippen molar-refractivity contribution in [1.29, 1.82) is 0 Å². The molecule has 1 unspecified atom stereocenters. The van der Waals surface area contributed by atoms with E-state index in [9.17, 15) is 4.79 Å². The number of hydrogen-bond donors (Lipinski definition) is 2. The lowest BCUT2D eigenvalue weighted by molar-refractivity contribution is -0.113. The van der Waals surface area contributed by atoms with Gasteiger partial charge in [-0.1, -0.05) is 84.0 Å². The van der Waals surface area contributed by atoms with Crippen molar-refractivity contribution in [3.8, 4) is 11.5 Å². The number of anilines is 2. The number of thioether (sulfide) groups is 1. The van der Waals surface area contributed by atoms with Gasteiger partial charge in [0.15, 0.2) is 11.5 Å². The van der Waals surface area contributed by atoms with Gasteiger partial charge in [-0.2, -0.15) is 4.98 Å². The zero-order valence-corrected chi connectivity index (χ0v) is 29.2. The van der Waals surface area contributed by atoms with Crippen LogP contribution in [0.5, 0.6) is 11.5 Å². The van der Waals surface area contributed by atoms with E-state index in [0.717, 1.165) is 23.1 Å². The molecule has 1 aromatic heterocycles.